The Bertz CT molecular complexity index is 741. The molecule has 2 aromatic rings. The first-order valence-electron chi connectivity index (χ1n) is 6.38. The number of carboxylic acids is 1. The van der Waals surface area contributed by atoms with Gasteiger partial charge < -0.3 is 15.9 Å². The predicted octanol–water partition coefficient (Wildman–Crippen LogP) is 2.88. The molecule has 9 heteroatoms. The molecule has 4 N–H and O–H groups in total. The Labute approximate surface area is 133 Å². The number of aromatic hydroxyl groups is 1. The largest absolute Gasteiger partial charge is 0.507 e. The molecule has 23 heavy (non-hydrogen) atoms. The second kappa shape index (κ2) is 5.82. The number of thiazole rings is 1. The lowest BCUT2D eigenvalue weighted by molar-refractivity contribution is -0.142. The Kier molecular flexibility index (Phi) is 4.36. The number of phenolic OH excluding ortho intramolecular Hbond substituents is 1. The quantitative estimate of drug-likeness (QED) is 0.791. The van der Waals surface area contributed by atoms with Gasteiger partial charge in [0.2, 0.25) is 0 Å². The second-order valence-electron chi connectivity index (χ2n) is 5.29. The summed E-state index contributed by atoms with van der Waals surface area (Å²) < 4.78 is 37.8. The molecule has 1 aromatic heterocycles. The van der Waals surface area contributed by atoms with E-state index in [0.717, 1.165) is 16.7 Å². The number of rotatable bonds is 4. The summed E-state index contributed by atoms with van der Waals surface area (Å²) in [6, 6.07) is 4.13. The highest BCUT2D eigenvalue weighted by Gasteiger charge is 2.34. The van der Waals surface area contributed by atoms with Crippen LogP contribution in [0.3, 0.4) is 0 Å². The summed E-state index contributed by atoms with van der Waals surface area (Å²) in [5.74, 6) is -1.45. The zero-order valence-electron chi connectivity index (χ0n) is 11.9. The van der Waals surface area contributed by atoms with Gasteiger partial charge in [-0.25, -0.2) is 4.98 Å². The van der Waals surface area contributed by atoms with Crippen LogP contribution in [0, 0.1) is 0 Å². The number of phenols is 1. The maximum Gasteiger partial charge on any atom is 0.434 e. The van der Waals surface area contributed by atoms with E-state index in [1.54, 1.807) is 0 Å². The van der Waals surface area contributed by atoms with Crippen LogP contribution in [0.15, 0.2) is 23.6 Å². The molecule has 0 fully saturated rings. The molecule has 124 valence electrons. The molecular weight excluding hydrogens is 333 g/mol. The van der Waals surface area contributed by atoms with Crippen molar-refractivity contribution in [3.8, 4) is 16.3 Å². The fraction of sp³-hybridized carbons (Fsp3) is 0.286. The fourth-order valence-corrected chi connectivity index (χ4v) is 2.74. The van der Waals surface area contributed by atoms with Gasteiger partial charge >= 0.3 is 12.1 Å². The van der Waals surface area contributed by atoms with E-state index in [9.17, 15) is 23.1 Å². The van der Waals surface area contributed by atoms with Crippen LogP contribution in [0.4, 0.5) is 13.2 Å². The summed E-state index contributed by atoms with van der Waals surface area (Å²) in [4.78, 5) is 14.5. The van der Waals surface area contributed by atoms with Crippen molar-refractivity contribution >= 4 is 17.3 Å². The lowest BCUT2D eigenvalue weighted by Gasteiger charge is -2.19. The number of carbonyl (C=O) groups is 1. The zero-order valence-corrected chi connectivity index (χ0v) is 12.7. The number of nitrogens with two attached hydrogens (primary N) is 1. The second-order valence-corrected chi connectivity index (χ2v) is 6.14. The van der Waals surface area contributed by atoms with Gasteiger partial charge in [0.05, 0.1) is 5.56 Å². The number of hydrogen-bond donors (Lipinski definition) is 3. The molecule has 0 bridgehead atoms. The highest BCUT2D eigenvalue weighted by atomic mass is 32.1. The van der Waals surface area contributed by atoms with Crippen LogP contribution < -0.4 is 5.73 Å². The molecule has 0 saturated carbocycles. The van der Waals surface area contributed by atoms with Gasteiger partial charge in [-0.1, -0.05) is 6.07 Å². The predicted molar refractivity (Wildman–Crippen MR) is 78.1 cm³/mol. The smallest absolute Gasteiger partial charge is 0.434 e. The maximum absolute atomic E-state index is 12.6. The molecule has 0 aliphatic carbocycles. The first kappa shape index (κ1) is 17.2. The molecule has 1 atom stereocenters. The van der Waals surface area contributed by atoms with E-state index >= 15 is 0 Å². The molecule has 5 nitrogen and oxygen atoms in total. The number of alkyl halides is 3. The first-order chi connectivity index (χ1) is 10.5. The van der Waals surface area contributed by atoms with Gasteiger partial charge in [0.25, 0.3) is 0 Å². The normalized spacial score (nSPS) is 14.5. The average molecular weight is 346 g/mol. The van der Waals surface area contributed by atoms with Crippen molar-refractivity contribution in [3.05, 3.63) is 34.8 Å². The first-order valence-corrected chi connectivity index (χ1v) is 7.26. The molecule has 0 spiro atoms. The lowest BCUT2D eigenvalue weighted by atomic mass is 9.93. The molecule has 1 heterocycles. The summed E-state index contributed by atoms with van der Waals surface area (Å²) in [7, 11) is 0. The van der Waals surface area contributed by atoms with Gasteiger partial charge in [0.15, 0.2) is 5.69 Å². The average Bonchev–Trinajstić information content (AvgIpc) is 2.90. The molecule has 0 aliphatic rings. The Morgan fingerprint density at radius 2 is 2.04 bits per heavy atom. The number of hydrogen-bond acceptors (Lipinski definition) is 5. The summed E-state index contributed by atoms with van der Waals surface area (Å²) in [5.41, 5.74) is 3.65. The van der Waals surface area contributed by atoms with E-state index in [-0.39, 0.29) is 22.7 Å². The Morgan fingerprint density at radius 3 is 2.57 bits per heavy atom. The Hall–Kier alpha value is -2.13. The monoisotopic (exact) mass is 346 g/mol. The summed E-state index contributed by atoms with van der Waals surface area (Å²) in [6.07, 6.45) is -4.62. The molecule has 0 unspecified atom stereocenters. The van der Waals surface area contributed by atoms with E-state index in [1.807, 2.05) is 0 Å². The lowest BCUT2D eigenvalue weighted by Crippen LogP contribution is -2.46. The Morgan fingerprint density at radius 1 is 1.39 bits per heavy atom. The molecule has 0 radical (unpaired) electrons. The third-order valence-corrected chi connectivity index (χ3v) is 4.02. The fourth-order valence-electron chi connectivity index (χ4n) is 1.89. The number of nitrogens with zero attached hydrogens (tertiary/aromatic N) is 1. The summed E-state index contributed by atoms with van der Waals surface area (Å²) in [6.45, 7) is 1.33. The van der Waals surface area contributed by atoms with Gasteiger partial charge in [-0.2, -0.15) is 13.2 Å². The molecule has 0 aliphatic heterocycles. The van der Waals surface area contributed by atoms with Crippen LogP contribution in [0.1, 0.15) is 18.2 Å². The SMILES string of the molecule is C[C@](N)(Cc1ccc(O)c(-c2nc(C(F)(F)F)cs2)c1)C(=O)O. The van der Waals surface area contributed by atoms with Crippen LogP contribution in [0.2, 0.25) is 0 Å². The van der Waals surface area contributed by atoms with Crippen LogP contribution in [0.5, 0.6) is 5.75 Å². The minimum Gasteiger partial charge on any atom is -0.507 e. The van der Waals surface area contributed by atoms with Crippen molar-refractivity contribution in [2.45, 2.75) is 25.1 Å². The van der Waals surface area contributed by atoms with Gasteiger partial charge in [0.1, 0.15) is 16.3 Å². The Balaban J connectivity index is 2.38. The van der Waals surface area contributed by atoms with Crippen LogP contribution in [-0.2, 0) is 17.4 Å². The third-order valence-electron chi connectivity index (χ3n) is 3.15. The van der Waals surface area contributed by atoms with Crippen LogP contribution in [-0.4, -0.2) is 26.7 Å². The van der Waals surface area contributed by atoms with E-state index in [2.05, 4.69) is 4.98 Å². The topological polar surface area (TPSA) is 96.4 Å². The highest BCUT2D eigenvalue weighted by molar-refractivity contribution is 7.13. The number of carboxylic acid groups (broad SMARTS) is 1. The van der Waals surface area contributed by atoms with Gasteiger partial charge in [0, 0.05) is 11.8 Å². The van der Waals surface area contributed by atoms with E-state index in [4.69, 9.17) is 10.8 Å². The molecule has 2 rings (SSSR count). The molecular formula is C14H13F3N2O3S. The zero-order chi connectivity index (χ0) is 17.4. The maximum atomic E-state index is 12.6. The van der Waals surface area contributed by atoms with Gasteiger partial charge in [-0.3, -0.25) is 4.79 Å². The summed E-state index contributed by atoms with van der Waals surface area (Å²) >= 11 is 0.738. The van der Waals surface area contributed by atoms with E-state index in [1.165, 1.54) is 25.1 Å². The van der Waals surface area contributed by atoms with Crippen molar-refractivity contribution in [1.29, 1.82) is 0 Å². The van der Waals surface area contributed by atoms with E-state index in [0.29, 0.717) is 5.56 Å². The number of aliphatic carboxylic acids is 1. The van der Waals surface area contributed by atoms with Crippen molar-refractivity contribution < 1.29 is 28.2 Å². The van der Waals surface area contributed by atoms with Crippen molar-refractivity contribution in [2.75, 3.05) is 0 Å². The minimum absolute atomic E-state index is 0.00859. The highest BCUT2D eigenvalue weighted by Crippen LogP contribution is 2.37. The van der Waals surface area contributed by atoms with Crippen molar-refractivity contribution in [1.82, 2.24) is 4.98 Å². The third kappa shape index (κ3) is 3.80. The molecule has 0 amide bonds. The van der Waals surface area contributed by atoms with Crippen molar-refractivity contribution in [2.24, 2.45) is 5.73 Å². The van der Waals surface area contributed by atoms with Crippen LogP contribution in [0.25, 0.3) is 10.6 Å². The number of aromatic nitrogens is 1. The summed E-state index contributed by atoms with van der Waals surface area (Å²) in [5, 5.41) is 19.7. The van der Waals surface area contributed by atoms with Crippen LogP contribution >= 0.6 is 11.3 Å². The minimum atomic E-state index is -4.57. The van der Waals surface area contributed by atoms with E-state index < -0.39 is 23.4 Å². The standard InChI is InChI=1S/C14H13F3N2O3S/c1-13(18,12(21)22)5-7-2-3-9(20)8(4-7)11-19-10(6-23-11)14(15,16)17/h2-4,6,20H,5,18H2,1H3,(H,21,22)/t13-/m0/s1. The number of halogens is 3. The van der Waals surface area contributed by atoms with Gasteiger partial charge in [-0.15, -0.1) is 11.3 Å². The van der Waals surface area contributed by atoms with Gasteiger partial charge in [-0.05, 0) is 24.6 Å². The number of benzene rings is 1. The molecule has 0 saturated heterocycles. The molecule has 1 aromatic carbocycles. The van der Waals surface area contributed by atoms with Crippen molar-refractivity contribution in [3.63, 3.8) is 0 Å².